The van der Waals surface area contributed by atoms with E-state index in [9.17, 15) is 0 Å². The molecule has 0 unspecified atom stereocenters. The second-order valence-electron chi connectivity index (χ2n) is 10.9. The smallest absolute Gasteiger partial charge is 0.503 e. The van der Waals surface area contributed by atoms with Crippen molar-refractivity contribution in [1.82, 2.24) is 18.9 Å². The Labute approximate surface area is 274 Å². The Kier molecular flexibility index (Phi) is 5.85. The van der Waals surface area contributed by atoms with Gasteiger partial charge >= 0.3 is 20.4 Å². The van der Waals surface area contributed by atoms with Gasteiger partial charge in [-0.2, -0.15) is 6.07 Å². The molecule has 45 heavy (non-hydrogen) atoms. The maximum absolute atomic E-state index is 6.42. The van der Waals surface area contributed by atoms with Crippen molar-refractivity contribution in [3.63, 3.8) is 0 Å². The molecule has 7 heteroatoms. The largest absolute Gasteiger partial charge is 2.00 e. The molecule has 0 amide bonds. The van der Waals surface area contributed by atoms with Crippen LogP contribution in [-0.4, -0.2) is 18.9 Å². The van der Waals surface area contributed by atoms with Gasteiger partial charge in [0.15, 0.2) is 0 Å². The molecule has 0 spiro atoms. The Balaban J connectivity index is 0.00000281. The first-order valence-corrected chi connectivity index (χ1v) is 15.2. The summed E-state index contributed by atoms with van der Waals surface area (Å²) in [5, 5.41) is 8.00. The number of nitrogens with zero attached hydrogens (tertiary/aromatic N) is 4. The molecule has 5 aromatic heterocycles. The third-order valence-electron chi connectivity index (χ3n) is 8.48. The molecule has 0 saturated heterocycles. The molecular weight excluding hydrogens is 667 g/mol. The molecule has 0 N–H and O–H groups in total. The number of rotatable bonds is 3. The predicted octanol–water partition coefficient (Wildman–Crippen LogP) is 9.89. The number of benzene rings is 5. The Hall–Kier alpha value is -5.06. The summed E-state index contributed by atoms with van der Waals surface area (Å²) in [4.78, 5) is 9.45. The third kappa shape index (κ3) is 3.89. The standard InChI is InChI=1S/C38H20N4OS.Pd/c1-3-12-33-27(9-1)29-11-6-16-39-38(29)42(33)23-7-5-8-24(19-23)43-25-14-15-26-30-22-36-31(28-10-2-4-13-35(28)44-36)21-34(30)41-18-17-40-37(41)32(26)20-25;/h1-18,21-22H;/q-2;+2. The summed E-state index contributed by atoms with van der Waals surface area (Å²) < 4.78 is 13.3. The molecule has 5 aromatic carbocycles. The Bertz CT molecular complexity index is 2720. The van der Waals surface area contributed by atoms with E-state index in [4.69, 9.17) is 14.7 Å². The van der Waals surface area contributed by atoms with Gasteiger partial charge in [0.1, 0.15) is 5.65 Å². The van der Waals surface area contributed by atoms with E-state index in [1.165, 1.54) is 25.6 Å². The first-order valence-electron chi connectivity index (χ1n) is 14.4. The molecule has 0 fully saturated rings. The van der Waals surface area contributed by atoms with Gasteiger partial charge in [0.2, 0.25) is 0 Å². The number of thiophene rings is 1. The molecule has 0 bridgehead atoms. The average molecular weight is 687 g/mol. The van der Waals surface area contributed by atoms with E-state index in [2.05, 4.69) is 87.8 Å². The van der Waals surface area contributed by atoms with E-state index in [1.54, 1.807) is 0 Å². The van der Waals surface area contributed by atoms with E-state index < -0.39 is 0 Å². The SMILES string of the molecule is [Pd+2].[c-]1c(Oc2[c-]c3c(cc2)c2cc4sc5ccccc5c4cc2n2ccnc32)cccc1-n1c2ccccc2c2cccnc21. The normalized spacial score (nSPS) is 11.8. The zero-order valence-corrected chi connectivity index (χ0v) is 25.8. The van der Waals surface area contributed by atoms with Crippen molar-refractivity contribution < 1.29 is 25.2 Å². The van der Waals surface area contributed by atoms with Gasteiger partial charge in [-0.3, -0.25) is 4.98 Å². The van der Waals surface area contributed by atoms with Crippen LogP contribution >= 0.6 is 11.3 Å². The average Bonchev–Trinajstić information content (AvgIpc) is 3.78. The van der Waals surface area contributed by atoms with Crippen LogP contribution in [0.25, 0.3) is 75.1 Å². The van der Waals surface area contributed by atoms with Gasteiger partial charge in [0, 0.05) is 66.6 Å². The van der Waals surface area contributed by atoms with Crippen molar-refractivity contribution in [1.29, 1.82) is 0 Å². The van der Waals surface area contributed by atoms with Gasteiger partial charge < -0.3 is 13.7 Å². The number of ether oxygens (including phenoxy) is 1. The molecule has 10 aromatic rings. The van der Waals surface area contributed by atoms with Crippen LogP contribution in [0.1, 0.15) is 0 Å². The van der Waals surface area contributed by atoms with E-state index in [-0.39, 0.29) is 20.4 Å². The maximum atomic E-state index is 6.42. The van der Waals surface area contributed by atoms with Gasteiger partial charge in [-0.1, -0.05) is 58.9 Å². The minimum atomic E-state index is 0. The number of aromatic nitrogens is 4. The van der Waals surface area contributed by atoms with Crippen molar-refractivity contribution >= 4 is 80.8 Å². The molecule has 0 aliphatic carbocycles. The second-order valence-corrected chi connectivity index (χ2v) is 12.0. The summed E-state index contributed by atoms with van der Waals surface area (Å²) in [7, 11) is 0. The van der Waals surface area contributed by atoms with Crippen LogP contribution in [-0.2, 0) is 20.4 Å². The van der Waals surface area contributed by atoms with Gasteiger partial charge in [-0.15, -0.1) is 41.7 Å². The van der Waals surface area contributed by atoms with Crippen molar-refractivity contribution in [2.45, 2.75) is 0 Å². The molecule has 5 nitrogen and oxygen atoms in total. The number of imidazole rings is 1. The number of fused-ring (bicyclic) bond motifs is 12. The summed E-state index contributed by atoms with van der Waals surface area (Å²) in [5.41, 5.74) is 4.81. The number of hydrogen-bond donors (Lipinski definition) is 0. The minimum Gasteiger partial charge on any atom is -0.503 e. The van der Waals surface area contributed by atoms with Crippen LogP contribution in [0.5, 0.6) is 11.5 Å². The molecule has 214 valence electrons. The van der Waals surface area contributed by atoms with Crippen LogP contribution in [0, 0.1) is 12.1 Å². The fourth-order valence-corrected chi connectivity index (χ4v) is 7.70. The van der Waals surface area contributed by atoms with E-state index in [0.717, 1.165) is 49.6 Å². The van der Waals surface area contributed by atoms with Crippen molar-refractivity contribution in [3.8, 4) is 17.2 Å². The van der Waals surface area contributed by atoms with E-state index in [1.807, 2.05) is 66.3 Å². The summed E-state index contributed by atoms with van der Waals surface area (Å²) in [5.74, 6) is 1.21. The summed E-state index contributed by atoms with van der Waals surface area (Å²) >= 11 is 1.83. The molecular formula is C38H20N4OPdS. The number of para-hydroxylation sites is 1. The molecule has 10 rings (SSSR count). The third-order valence-corrected chi connectivity index (χ3v) is 9.61. The van der Waals surface area contributed by atoms with Gasteiger partial charge in [0.25, 0.3) is 0 Å². The summed E-state index contributed by atoms with van der Waals surface area (Å²) in [6.07, 6.45) is 5.70. The quantitative estimate of drug-likeness (QED) is 0.106. The molecule has 0 aliphatic heterocycles. The molecule has 5 heterocycles. The Morgan fingerprint density at radius 1 is 0.578 bits per heavy atom. The fourth-order valence-electron chi connectivity index (χ4n) is 6.58. The van der Waals surface area contributed by atoms with Gasteiger partial charge in [-0.05, 0) is 41.8 Å². The monoisotopic (exact) mass is 686 g/mol. The van der Waals surface area contributed by atoms with E-state index in [0.29, 0.717) is 11.5 Å². The molecule has 0 aliphatic rings. The van der Waals surface area contributed by atoms with Crippen LogP contribution < -0.4 is 4.74 Å². The van der Waals surface area contributed by atoms with Crippen LogP contribution in [0.2, 0.25) is 0 Å². The maximum Gasteiger partial charge on any atom is 2.00 e. The number of hydrogen-bond acceptors (Lipinski definition) is 4. The topological polar surface area (TPSA) is 44.4 Å². The summed E-state index contributed by atoms with van der Waals surface area (Å²) in [6, 6.07) is 42.7. The Morgan fingerprint density at radius 3 is 2.36 bits per heavy atom. The van der Waals surface area contributed by atoms with Crippen LogP contribution in [0.4, 0.5) is 0 Å². The zero-order valence-electron chi connectivity index (χ0n) is 23.5. The van der Waals surface area contributed by atoms with Crippen LogP contribution in [0.15, 0.2) is 122 Å². The first kappa shape index (κ1) is 26.4. The second kappa shape index (κ2) is 9.98. The fraction of sp³-hybridized carbons (Fsp3) is 0. The Morgan fingerprint density at radius 2 is 1.40 bits per heavy atom. The predicted molar refractivity (Wildman–Crippen MR) is 179 cm³/mol. The van der Waals surface area contributed by atoms with Crippen molar-refractivity contribution in [3.05, 3.63) is 134 Å². The van der Waals surface area contributed by atoms with Crippen LogP contribution in [0.3, 0.4) is 0 Å². The van der Waals surface area contributed by atoms with Gasteiger partial charge in [0.05, 0.1) is 11.2 Å². The minimum absolute atomic E-state index is 0. The first-order chi connectivity index (χ1) is 21.8. The molecule has 0 atom stereocenters. The summed E-state index contributed by atoms with van der Waals surface area (Å²) in [6.45, 7) is 0. The van der Waals surface area contributed by atoms with Crippen molar-refractivity contribution in [2.75, 3.05) is 0 Å². The zero-order chi connectivity index (χ0) is 28.8. The van der Waals surface area contributed by atoms with Gasteiger partial charge in [-0.25, -0.2) is 4.98 Å². The van der Waals surface area contributed by atoms with Crippen molar-refractivity contribution in [2.24, 2.45) is 0 Å². The molecule has 0 saturated carbocycles. The number of pyridine rings is 2. The van der Waals surface area contributed by atoms with E-state index >= 15 is 0 Å². The molecule has 0 radical (unpaired) electrons.